The monoisotopic (exact) mass is 412 g/mol. The van der Waals surface area contributed by atoms with Gasteiger partial charge in [-0.2, -0.15) is 0 Å². The summed E-state index contributed by atoms with van der Waals surface area (Å²) < 4.78 is 0. The molecule has 5 nitrogen and oxygen atoms in total. The predicted octanol–water partition coefficient (Wildman–Crippen LogP) is 4.48. The fourth-order valence-electron chi connectivity index (χ4n) is 4.15. The first-order valence-corrected chi connectivity index (χ1v) is 10.2. The summed E-state index contributed by atoms with van der Waals surface area (Å²) in [6.45, 7) is 1.34. The van der Waals surface area contributed by atoms with Crippen LogP contribution in [0.5, 0.6) is 0 Å². The highest BCUT2D eigenvalue weighted by Crippen LogP contribution is 2.37. The topological polar surface area (TPSA) is 82.2 Å². The molecule has 0 spiro atoms. The molecular weight excluding hydrogens is 388 g/mol. The van der Waals surface area contributed by atoms with E-state index in [4.69, 9.17) is 0 Å². The predicted molar refractivity (Wildman–Crippen MR) is 121 cm³/mol. The molecule has 0 aliphatic rings. The molecule has 3 aromatic carbocycles. The van der Waals surface area contributed by atoms with Crippen LogP contribution in [0.3, 0.4) is 0 Å². The zero-order chi connectivity index (χ0) is 21.8. The summed E-state index contributed by atoms with van der Waals surface area (Å²) in [5.41, 5.74) is 4.99. The number of para-hydroxylation sites is 1. The van der Waals surface area contributed by atoms with Crippen molar-refractivity contribution < 1.29 is 14.7 Å². The molecule has 1 amide bonds. The van der Waals surface area contributed by atoms with Crippen molar-refractivity contribution in [1.29, 1.82) is 0 Å². The van der Waals surface area contributed by atoms with Crippen LogP contribution in [0.2, 0.25) is 0 Å². The van der Waals surface area contributed by atoms with Crippen LogP contribution in [0, 0.1) is 0 Å². The molecule has 1 atom stereocenters. The normalized spacial score (nSPS) is 12.1. The highest BCUT2D eigenvalue weighted by Gasteiger charge is 2.27. The number of aromatic nitrogens is 1. The van der Waals surface area contributed by atoms with E-state index in [0.717, 1.165) is 33.3 Å². The lowest BCUT2D eigenvalue weighted by molar-refractivity contribution is -0.141. The van der Waals surface area contributed by atoms with Gasteiger partial charge in [0.25, 0.3) is 0 Å². The highest BCUT2D eigenvalue weighted by molar-refractivity contribution is 5.87. The Hall–Kier alpha value is -3.86. The Balaban J connectivity index is 1.91. The van der Waals surface area contributed by atoms with E-state index < -0.39 is 12.0 Å². The molecule has 3 N–H and O–H groups in total. The molecule has 1 aromatic heterocycles. The molecule has 1 heterocycles. The van der Waals surface area contributed by atoms with Crippen molar-refractivity contribution in [2.75, 3.05) is 0 Å². The number of carbonyl (C=O) groups is 2. The van der Waals surface area contributed by atoms with Crippen LogP contribution in [0.15, 0.2) is 84.9 Å². The number of carbonyl (C=O) groups excluding carboxylic acids is 1. The number of amides is 1. The van der Waals surface area contributed by atoms with Gasteiger partial charge in [-0.1, -0.05) is 78.9 Å². The van der Waals surface area contributed by atoms with Crippen LogP contribution in [-0.2, 0) is 16.0 Å². The Morgan fingerprint density at radius 3 is 1.97 bits per heavy atom. The Labute approximate surface area is 180 Å². The first-order chi connectivity index (χ1) is 15.0. The molecule has 31 heavy (non-hydrogen) atoms. The van der Waals surface area contributed by atoms with Crippen molar-refractivity contribution in [3.63, 3.8) is 0 Å². The second kappa shape index (κ2) is 8.88. The van der Waals surface area contributed by atoms with Gasteiger partial charge in [0.15, 0.2) is 0 Å². The third-order valence-corrected chi connectivity index (χ3v) is 5.48. The number of aliphatic carboxylic acids is 1. The van der Waals surface area contributed by atoms with E-state index >= 15 is 0 Å². The highest BCUT2D eigenvalue weighted by atomic mass is 16.4. The second-order valence-electron chi connectivity index (χ2n) is 7.61. The largest absolute Gasteiger partial charge is 0.480 e. The van der Waals surface area contributed by atoms with E-state index in [2.05, 4.69) is 34.6 Å². The number of hydrogen-bond donors (Lipinski definition) is 3. The molecule has 0 aliphatic carbocycles. The third-order valence-electron chi connectivity index (χ3n) is 5.48. The van der Waals surface area contributed by atoms with Crippen molar-refractivity contribution in [1.82, 2.24) is 10.3 Å². The molecule has 4 aromatic rings. The van der Waals surface area contributed by atoms with E-state index in [1.54, 1.807) is 0 Å². The van der Waals surface area contributed by atoms with Gasteiger partial charge in [-0.15, -0.1) is 0 Å². The van der Waals surface area contributed by atoms with Crippen LogP contribution < -0.4 is 5.32 Å². The van der Waals surface area contributed by atoms with Gasteiger partial charge in [-0.25, -0.2) is 4.79 Å². The quantitative estimate of drug-likeness (QED) is 0.419. The summed E-state index contributed by atoms with van der Waals surface area (Å²) in [6, 6.07) is 27.2. The minimum absolute atomic E-state index is 0.100. The molecule has 0 bridgehead atoms. The number of hydrogen-bond acceptors (Lipinski definition) is 2. The Kier molecular flexibility index (Phi) is 5.85. The number of rotatable bonds is 7. The van der Waals surface area contributed by atoms with Crippen LogP contribution >= 0.6 is 0 Å². The first kappa shape index (κ1) is 20.4. The fourth-order valence-corrected chi connectivity index (χ4v) is 4.15. The van der Waals surface area contributed by atoms with Crippen molar-refractivity contribution in [2.45, 2.75) is 25.3 Å². The molecule has 4 rings (SSSR count). The maximum absolute atomic E-state index is 11.9. The van der Waals surface area contributed by atoms with Gasteiger partial charge < -0.3 is 15.4 Å². The summed E-state index contributed by atoms with van der Waals surface area (Å²) in [5, 5.41) is 13.3. The van der Waals surface area contributed by atoms with E-state index in [1.165, 1.54) is 6.92 Å². The zero-order valence-corrected chi connectivity index (χ0v) is 17.2. The molecule has 0 fully saturated rings. The number of aromatic amines is 1. The minimum Gasteiger partial charge on any atom is -0.480 e. The summed E-state index contributed by atoms with van der Waals surface area (Å²) >= 11 is 0. The number of carboxylic acid groups (broad SMARTS) is 1. The van der Waals surface area contributed by atoms with Crippen molar-refractivity contribution >= 4 is 22.8 Å². The summed E-state index contributed by atoms with van der Waals surface area (Å²) in [5.74, 6) is -1.52. The van der Waals surface area contributed by atoms with Crippen LogP contribution in [0.25, 0.3) is 10.9 Å². The van der Waals surface area contributed by atoms with Gasteiger partial charge in [-0.3, -0.25) is 4.79 Å². The van der Waals surface area contributed by atoms with E-state index in [9.17, 15) is 14.7 Å². The Morgan fingerprint density at radius 2 is 1.42 bits per heavy atom. The van der Waals surface area contributed by atoms with Gasteiger partial charge in [0.05, 0.1) is 0 Å². The maximum Gasteiger partial charge on any atom is 0.326 e. The van der Waals surface area contributed by atoms with Crippen LogP contribution in [0.4, 0.5) is 0 Å². The van der Waals surface area contributed by atoms with Crippen LogP contribution in [0.1, 0.15) is 35.2 Å². The average Bonchev–Trinajstić information content (AvgIpc) is 3.12. The minimum atomic E-state index is -1.05. The van der Waals surface area contributed by atoms with Gasteiger partial charge >= 0.3 is 5.97 Å². The maximum atomic E-state index is 11.9. The average molecular weight is 412 g/mol. The van der Waals surface area contributed by atoms with Crippen molar-refractivity contribution in [3.8, 4) is 0 Å². The summed E-state index contributed by atoms with van der Waals surface area (Å²) in [4.78, 5) is 27.1. The molecule has 156 valence electrons. The molecular formula is C26H24N2O3. The zero-order valence-electron chi connectivity index (χ0n) is 17.2. The number of fused-ring (bicyclic) bond motifs is 1. The number of nitrogens with one attached hydrogen (secondary N) is 2. The lowest BCUT2D eigenvalue weighted by atomic mass is 9.85. The smallest absolute Gasteiger partial charge is 0.326 e. The molecule has 0 radical (unpaired) electrons. The molecule has 5 heteroatoms. The van der Waals surface area contributed by atoms with E-state index in [1.807, 2.05) is 60.7 Å². The first-order valence-electron chi connectivity index (χ1n) is 10.2. The number of H-pyrrole nitrogens is 1. The van der Waals surface area contributed by atoms with Gasteiger partial charge in [0.1, 0.15) is 6.04 Å². The summed E-state index contributed by atoms with van der Waals surface area (Å²) in [7, 11) is 0. The lowest BCUT2D eigenvalue weighted by Crippen LogP contribution is -2.41. The summed E-state index contributed by atoms with van der Waals surface area (Å²) in [6.07, 6.45) is 0.185. The second-order valence-corrected chi connectivity index (χ2v) is 7.61. The Bertz CT molecular complexity index is 1160. The molecule has 0 saturated carbocycles. The lowest BCUT2D eigenvalue weighted by Gasteiger charge is -2.21. The standard InChI is InChI=1S/C26H24N2O3/c1-17(29)27-23(26(30)31)16-21-20-14-8-9-15-22(20)28-25(21)24(18-10-4-2-5-11-18)19-12-6-3-7-13-19/h2-15,23-24,28H,16H2,1H3,(H,27,29)(H,30,31)/t23-/m0/s1. The van der Waals surface area contributed by atoms with E-state index in [0.29, 0.717) is 0 Å². The SMILES string of the molecule is CC(=O)N[C@@H](Cc1c(C(c2ccccc2)c2ccccc2)[nH]c2ccccc12)C(=O)O. The Morgan fingerprint density at radius 1 is 0.871 bits per heavy atom. The fraction of sp³-hybridized carbons (Fsp3) is 0.154. The van der Waals surface area contributed by atoms with Crippen LogP contribution in [-0.4, -0.2) is 28.0 Å². The number of carboxylic acids is 1. The van der Waals surface area contributed by atoms with Gasteiger partial charge in [0, 0.05) is 35.9 Å². The van der Waals surface area contributed by atoms with E-state index in [-0.39, 0.29) is 18.2 Å². The number of benzene rings is 3. The van der Waals surface area contributed by atoms with Crippen molar-refractivity contribution in [2.24, 2.45) is 0 Å². The molecule has 0 aliphatic heterocycles. The third kappa shape index (κ3) is 4.36. The van der Waals surface area contributed by atoms with Gasteiger partial charge in [-0.05, 0) is 22.8 Å². The van der Waals surface area contributed by atoms with Gasteiger partial charge in [0.2, 0.25) is 5.91 Å². The van der Waals surface area contributed by atoms with Crippen molar-refractivity contribution in [3.05, 3.63) is 107 Å². The molecule has 0 unspecified atom stereocenters. The molecule has 0 saturated heterocycles.